The number of rotatable bonds is 2. The van der Waals surface area contributed by atoms with E-state index in [1.54, 1.807) is 6.07 Å². The molecule has 1 N–H and O–H groups in total. The fourth-order valence-corrected chi connectivity index (χ4v) is 4.76. The molecule has 1 heterocycles. The van der Waals surface area contributed by atoms with Crippen LogP contribution in [0, 0.1) is 11.8 Å². The van der Waals surface area contributed by atoms with Crippen molar-refractivity contribution in [2.24, 2.45) is 11.8 Å². The Bertz CT molecular complexity index is 476. The third-order valence-electron chi connectivity index (χ3n) is 4.65. The summed E-state index contributed by atoms with van der Waals surface area (Å²) < 4.78 is 0. The maximum atomic E-state index is 12.4. The minimum absolute atomic E-state index is 0.0329. The summed E-state index contributed by atoms with van der Waals surface area (Å²) in [5.74, 6) is 1.22. The molecule has 0 aliphatic heterocycles. The average molecular weight is 300 g/mol. The Hall–Kier alpha value is -0.580. The molecule has 0 aromatic carbocycles. The topological polar surface area (TPSA) is 40.5 Å². The van der Waals surface area contributed by atoms with Crippen LogP contribution in [0.3, 0.4) is 0 Å². The lowest BCUT2D eigenvalue weighted by Crippen LogP contribution is -2.35. The van der Waals surface area contributed by atoms with Gasteiger partial charge in [-0.25, -0.2) is 0 Å². The van der Waals surface area contributed by atoms with Gasteiger partial charge in [-0.2, -0.15) is 0 Å². The Morgan fingerprint density at radius 2 is 2.00 bits per heavy atom. The smallest absolute Gasteiger partial charge is 0.265 e. The molecule has 0 saturated heterocycles. The van der Waals surface area contributed by atoms with Gasteiger partial charge in [-0.05, 0) is 49.0 Å². The molecule has 1 amide bonds. The third-order valence-corrected chi connectivity index (χ3v) is 5.97. The molecule has 104 valence electrons. The molecule has 3 rings (SSSR count). The lowest BCUT2D eigenvalue weighted by atomic mass is 10.0. The summed E-state index contributed by atoms with van der Waals surface area (Å²) in [6, 6.07) is 2.07. The van der Waals surface area contributed by atoms with Crippen LogP contribution in [0.1, 0.15) is 35.4 Å². The zero-order chi connectivity index (χ0) is 13.6. The number of carbonyl (C=O) groups excluding carboxylic acids is 1. The van der Waals surface area contributed by atoms with Gasteiger partial charge >= 0.3 is 0 Å². The van der Waals surface area contributed by atoms with Gasteiger partial charge in [0, 0.05) is 13.1 Å². The van der Waals surface area contributed by atoms with Gasteiger partial charge in [0.2, 0.25) is 0 Å². The van der Waals surface area contributed by atoms with Crippen LogP contribution in [0.4, 0.5) is 0 Å². The van der Waals surface area contributed by atoms with Gasteiger partial charge in [0.05, 0.1) is 11.1 Å². The normalized spacial score (nSPS) is 33.4. The molecular formula is C14H18ClNO2S. The van der Waals surface area contributed by atoms with Crippen molar-refractivity contribution >= 4 is 28.8 Å². The molecule has 0 spiro atoms. The van der Waals surface area contributed by atoms with Crippen LogP contribution in [0.5, 0.6) is 0 Å². The van der Waals surface area contributed by atoms with Crippen LogP contribution in [0.2, 0.25) is 5.02 Å². The monoisotopic (exact) mass is 299 g/mol. The lowest BCUT2D eigenvalue weighted by molar-refractivity contribution is 0.0727. The van der Waals surface area contributed by atoms with Crippen LogP contribution in [-0.4, -0.2) is 35.1 Å². The minimum atomic E-state index is -0.122. The Labute approximate surface area is 122 Å². The van der Waals surface area contributed by atoms with Gasteiger partial charge in [0.25, 0.3) is 5.91 Å². The molecule has 1 aromatic heterocycles. The summed E-state index contributed by atoms with van der Waals surface area (Å²) >= 11 is 7.43. The maximum Gasteiger partial charge on any atom is 0.265 e. The van der Waals surface area contributed by atoms with Gasteiger partial charge in [-0.15, -0.1) is 11.3 Å². The van der Waals surface area contributed by atoms with Crippen molar-refractivity contribution in [1.29, 1.82) is 0 Å². The molecule has 2 fully saturated rings. The largest absolute Gasteiger partial charge is 0.393 e. The van der Waals surface area contributed by atoms with Gasteiger partial charge in [0.15, 0.2) is 0 Å². The number of fused-ring (bicyclic) bond motifs is 1. The summed E-state index contributed by atoms with van der Waals surface area (Å²) in [4.78, 5) is 14.9. The number of hydrogen-bond donors (Lipinski definition) is 1. The van der Waals surface area contributed by atoms with Crippen LogP contribution >= 0.6 is 22.9 Å². The molecule has 2 aliphatic carbocycles. The first-order valence-electron chi connectivity index (χ1n) is 6.74. The quantitative estimate of drug-likeness (QED) is 0.912. The molecule has 0 radical (unpaired) electrons. The van der Waals surface area contributed by atoms with E-state index < -0.39 is 0 Å². The highest BCUT2D eigenvalue weighted by atomic mass is 35.5. The van der Waals surface area contributed by atoms with Crippen molar-refractivity contribution in [2.75, 3.05) is 7.05 Å². The van der Waals surface area contributed by atoms with Gasteiger partial charge in [-0.3, -0.25) is 4.79 Å². The van der Waals surface area contributed by atoms with E-state index in [9.17, 15) is 9.90 Å². The molecular weight excluding hydrogens is 282 g/mol. The molecule has 2 unspecified atom stereocenters. The number of halogens is 1. The summed E-state index contributed by atoms with van der Waals surface area (Å²) in [6.45, 7) is 0. The van der Waals surface area contributed by atoms with Crippen LogP contribution < -0.4 is 0 Å². The van der Waals surface area contributed by atoms with E-state index in [4.69, 9.17) is 11.6 Å². The molecule has 19 heavy (non-hydrogen) atoms. The maximum absolute atomic E-state index is 12.4. The van der Waals surface area contributed by atoms with Gasteiger partial charge in [-0.1, -0.05) is 11.6 Å². The third kappa shape index (κ3) is 2.41. The predicted octanol–water partition coefficient (Wildman–Crippen LogP) is 3.02. The second-order valence-corrected chi connectivity index (χ2v) is 7.11. The van der Waals surface area contributed by atoms with E-state index in [1.165, 1.54) is 11.3 Å². The fourth-order valence-electron chi connectivity index (χ4n) is 3.64. The van der Waals surface area contributed by atoms with Crippen molar-refractivity contribution in [2.45, 2.75) is 37.8 Å². The zero-order valence-corrected chi connectivity index (χ0v) is 12.5. The van der Waals surface area contributed by atoms with Gasteiger partial charge in [0.1, 0.15) is 4.88 Å². The first-order valence-corrected chi connectivity index (χ1v) is 8.00. The highest BCUT2D eigenvalue weighted by molar-refractivity contribution is 7.12. The summed E-state index contributed by atoms with van der Waals surface area (Å²) in [5, 5.41) is 12.1. The molecule has 1 aromatic rings. The van der Waals surface area contributed by atoms with Crippen LogP contribution in [0.15, 0.2) is 11.4 Å². The SMILES string of the molecule is CN(C(=O)c1sccc1Cl)C1C[C@H]2CC(O)C[C@H]2C1. The van der Waals surface area contributed by atoms with Crippen molar-refractivity contribution in [1.82, 2.24) is 4.90 Å². The lowest BCUT2D eigenvalue weighted by Gasteiger charge is -2.25. The molecule has 3 nitrogen and oxygen atoms in total. The molecule has 4 atom stereocenters. The zero-order valence-electron chi connectivity index (χ0n) is 10.9. The van der Waals surface area contributed by atoms with E-state index in [2.05, 4.69) is 0 Å². The first-order chi connectivity index (χ1) is 9.06. The highest BCUT2D eigenvalue weighted by Gasteiger charge is 2.43. The summed E-state index contributed by atoms with van der Waals surface area (Å²) in [7, 11) is 1.88. The highest BCUT2D eigenvalue weighted by Crippen LogP contribution is 2.45. The number of carbonyl (C=O) groups is 1. The van der Waals surface area contributed by atoms with Crippen molar-refractivity contribution in [3.05, 3.63) is 21.3 Å². The Morgan fingerprint density at radius 1 is 1.37 bits per heavy atom. The van der Waals surface area contributed by atoms with Crippen molar-refractivity contribution in [3.8, 4) is 0 Å². The number of aliphatic hydroxyl groups excluding tert-OH is 1. The second-order valence-electron chi connectivity index (χ2n) is 5.78. The Balaban J connectivity index is 1.68. The number of amides is 1. The van der Waals surface area contributed by atoms with E-state index in [1.807, 2.05) is 17.3 Å². The minimum Gasteiger partial charge on any atom is -0.393 e. The first kappa shape index (κ1) is 13.4. The number of hydrogen-bond acceptors (Lipinski definition) is 3. The van der Waals surface area contributed by atoms with E-state index in [-0.39, 0.29) is 12.0 Å². The average Bonchev–Trinajstić information content (AvgIpc) is 3.01. The molecule has 2 saturated carbocycles. The van der Waals surface area contributed by atoms with Crippen molar-refractivity contribution in [3.63, 3.8) is 0 Å². The molecule has 5 heteroatoms. The standard InChI is InChI=1S/C14H18ClNO2S/c1-16(14(18)13-12(15)2-3-19-13)10-4-8-6-11(17)7-9(8)5-10/h2-3,8-11,17H,4-7H2,1H3/t8-,9+,10?,11?. The fraction of sp³-hybridized carbons (Fsp3) is 0.643. The van der Waals surface area contributed by atoms with Crippen LogP contribution in [0.25, 0.3) is 0 Å². The molecule has 0 bridgehead atoms. The predicted molar refractivity (Wildman–Crippen MR) is 76.7 cm³/mol. The summed E-state index contributed by atoms with van der Waals surface area (Å²) in [6.07, 6.45) is 3.73. The second kappa shape index (κ2) is 5.08. The Morgan fingerprint density at radius 3 is 2.53 bits per heavy atom. The summed E-state index contributed by atoms with van der Waals surface area (Å²) in [5.41, 5.74) is 0. The van der Waals surface area contributed by atoms with Gasteiger partial charge < -0.3 is 10.0 Å². The number of thiophene rings is 1. The van der Waals surface area contributed by atoms with E-state index >= 15 is 0 Å². The van der Waals surface area contributed by atoms with E-state index in [0.717, 1.165) is 25.7 Å². The van der Waals surface area contributed by atoms with Crippen LogP contribution in [-0.2, 0) is 0 Å². The van der Waals surface area contributed by atoms with Crippen molar-refractivity contribution < 1.29 is 9.90 Å². The Kier molecular flexibility index (Phi) is 3.58. The number of nitrogens with zero attached hydrogens (tertiary/aromatic N) is 1. The molecule has 2 aliphatic rings. The number of aliphatic hydroxyl groups is 1. The van der Waals surface area contributed by atoms with E-state index in [0.29, 0.717) is 27.8 Å².